The molecule has 1 aromatic rings. The highest BCUT2D eigenvalue weighted by molar-refractivity contribution is 5.97. The van der Waals surface area contributed by atoms with Gasteiger partial charge in [0.1, 0.15) is 11.5 Å². The summed E-state index contributed by atoms with van der Waals surface area (Å²) in [4.78, 5) is 12.1. The third-order valence-corrected chi connectivity index (χ3v) is 3.15. The average Bonchev–Trinajstić information content (AvgIpc) is 2.45. The van der Waals surface area contributed by atoms with E-state index in [-0.39, 0.29) is 24.5 Å². The Kier molecular flexibility index (Phi) is 5.63. The van der Waals surface area contributed by atoms with Crippen molar-refractivity contribution in [2.75, 3.05) is 20.8 Å². The van der Waals surface area contributed by atoms with Crippen LogP contribution in [0, 0.1) is 5.92 Å². The molecule has 0 aliphatic heterocycles. The van der Waals surface area contributed by atoms with E-state index in [1.807, 2.05) is 13.8 Å². The summed E-state index contributed by atoms with van der Waals surface area (Å²) in [5.41, 5.74) is 0.445. The standard InChI is InChI=1S/C14H21NO4/c1-9(8-16)10(2)15-14(17)12-6-5-11(18-3)7-13(12)19-4/h5-7,9-10,16H,8H2,1-4H3,(H,15,17). The van der Waals surface area contributed by atoms with Gasteiger partial charge < -0.3 is 19.9 Å². The van der Waals surface area contributed by atoms with Crippen LogP contribution in [0.2, 0.25) is 0 Å². The van der Waals surface area contributed by atoms with Crippen molar-refractivity contribution >= 4 is 5.91 Å². The molecule has 1 rings (SSSR count). The number of hydrogen-bond acceptors (Lipinski definition) is 4. The Balaban J connectivity index is 2.87. The van der Waals surface area contributed by atoms with E-state index < -0.39 is 0 Å². The summed E-state index contributed by atoms with van der Waals surface area (Å²) in [6.45, 7) is 3.76. The highest BCUT2D eigenvalue weighted by atomic mass is 16.5. The summed E-state index contributed by atoms with van der Waals surface area (Å²) in [6.07, 6.45) is 0. The summed E-state index contributed by atoms with van der Waals surface area (Å²) >= 11 is 0. The largest absolute Gasteiger partial charge is 0.497 e. The van der Waals surface area contributed by atoms with Crippen LogP contribution < -0.4 is 14.8 Å². The summed E-state index contributed by atoms with van der Waals surface area (Å²) in [5.74, 6) is 0.853. The van der Waals surface area contributed by atoms with Crippen molar-refractivity contribution < 1.29 is 19.4 Å². The minimum Gasteiger partial charge on any atom is -0.497 e. The van der Waals surface area contributed by atoms with E-state index in [0.29, 0.717) is 17.1 Å². The van der Waals surface area contributed by atoms with E-state index in [4.69, 9.17) is 14.6 Å². The summed E-state index contributed by atoms with van der Waals surface area (Å²) in [5, 5.41) is 11.9. The molecule has 1 amide bonds. The van der Waals surface area contributed by atoms with E-state index in [9.17, 15) is 4.79 Å². The van der Waals surface area contributed by atoms with Crippen LogP contribution in [0.3, 0.4) is 0 Å². The molecule has 0 spiro atoms. The fourth-order valence-electron chi connectivity index (χ4n) is 1.57. The van der Waals surface area contributed by atoms with Crippen LogP contribution in [0.25, 0.3) is 0 Å². The number of ether oxygens (including phenoxy) is 2. The molecule has 106 valence electrons. The van der Waals surface area contributed by atoms with Gasteiger partial charge in [-0.25, -0.2) is 0 Å². The minimum atomic E-state index is -0.229. The molecule has 5 heteroatoms. The fraction of sp³-hybridized carbons (Fsp3) is 0.500. The molecule has 0 bridgehead atoms. The topological polar surface area (TPSA) is 67.8 Å². The number of hydrogen-bond donors (Lipinski definition) is 2. The molecule has 0 radical (unpaired) electrons. The molecule has 0 aliphatic rings. The third kappa shape index (κ3) is 3.86. The number of carbonyl (C=O) groups is 1. The maximum absolute atomic E-state index is 12.1. The number of benzene rings is 1. The number of rotatable bonds is 6. The molecular formula is C14H21NO4. The van der Waals surface area contributed by atoms with Crippen LogP contribution in [0.4, 0.5) is 0 Å². The SMILES string of the molecule is COc1ccc(C(=O)NC(C)C(C)CO)c(OC)c1. The number of aliphatic hydroxyl groups is 1. The van der Waals surface area contributed by atoms with Crippen LogP contribution in [-0.4, -0.2) is 37.9 Å². The van der Waals surface area contributed by atoms with Gasteiger partial charge in [-0.3, -0.25) is 4.79 Å². The fourth-order valence-corrected chi connectivity index (χ4v) is 1.57. The lowest BCUT2D eigenvalue weighted by Gasteiger charge is -2.20. The molecule has 1 aromatic carbocycles. The Bertz CT molecular complexity index is 433. The average molecular weight is 267 g/mol. The molecule has 2 N–H and O–H groups in total. The van der Waals surface area contributed by atoms with Crippen molar-refractivity contribution in [3.8, 4) is 11.5 Å². The monoisotopic (exact) mass is 267 g/mol. The van der Waals surface area contributed by atoms with Crippen molar-refractivity contribution in [3.05, 3.63) is 23.8 Å². The Hall–Kier alpha value is -1.75. The predicted octanol–water partition coefficient (Wildman–Crippen LogP) is 1.45. The quantitative estimate of drug-likeness (QED) is 0.818. The van der Waals surface area contributed by atoms with Crippen LogP contribution in [-0.2, 0) is 0 Å². The van der Waals surface area contributed by atoms with Crippen molar-refractivity contribution in [1.29, 1.82) is 0 Å². The number of nitrogens with one attached hydrogen (secondary N) is 1. The van der Waals surface area contributed by atoms with Gasteiger partial charge in [0, 0.05) is 18.7 Å². The Morgan fingerprint density at radius 1 is 1.32 bits per heavy atom. The van der Waals surface area contributed by atoms with E-state index >= 15 is 0 Å². The van der Waals surface area contributed by atoms with Crippen LogP contribution in [0.1, 0.15) is 24.2 Å². The second-order valence-electron chi connectivity index (χ2n) is 4.49. The van der Waals surface area contributed by atoms with Gasteiger partial charge in [-0.1, -0.05) is 6.92 Å². The molecule has 19 heavy (non-hydrogen) atoms. The van der Waals surface area contributed by atoms with Gasteiger partial charge in [0.2, 0.25) is 0 Å². The van der Waals surface area contributed by atoms with Crippen molar-refractivity contribution in [3.63, 3.8) is 0 Å². The zero-order valence-electron chi connectivity index (χ0n) is 11.8. The van der Waals surface area contributed by atoms with Crippen LogP contribution in [0.15, 0.2) is 18.2 Å². The lowest BCUT2D eigenvalue weighted by molar-refractivity contribution is 0.0913. The predicted molar refractivity (Wildman–Crippen MR) is 72.7 cm³/mol. The highest BCUT2D eigenvalue weighted by Crippen LogP contribution is 2.24. The van der Waals surface area contributed by atoms with Crippen molar-refractivity contribution in [2.24, 2.45) is 5.92 Å². The molecule has 0 saturated carbocycles. The van der Waals surface area contributed by atoms with Crippen LogP contribution >= 0.6 is 0 Å². The summed E-state index contributed by atoms with van der Waals surface area (Å²) in [7, 11) is 3.06. The van der Waals surface area contributed by atoms with E-state index in [1.165, 1.54) is 7.11 Å². The Labute approximate surface area is 113 Å². The highest BCUT2D eigenvalue weighted by Gasteiger charge is 2.18. The van der Waals surface area contributed by atoms with Gasteiger partial charge in [-0.2, -0.15) is 0 Å². The summed E-state index contributed by atoms with van der Waals surface area (Å²) < 4.78 is 10.3. The van der Waals surface area contributed by atoms with Crippen LogP contribution in [0.5, 0.6) is 11.5 Å². The van der Waals surface area contributed by atoms with Gasteiger partial charge in [0.25, 0.3) is 5.91 Å². The zero-order chi connectivity index (χ0) is 14.4. The van der Waals surface area contributed by atoms with Gasteiger partial charge in [0.15, 0.2) is 0 Å². The number of methoxy groups -OCH3 is 2. The second kappa shape index (κ2) is 6.99. The van der Waals surface area contributed by atoms with Crippen molar-refractivity contribution in [1.82, 2.24) is 5.32 Å². The first-order valence-corrected chi connectivity index (χ1v) is 6.17. The smallest absolute Gasteiger partial charge is 0.255 e. The van der Waals surface area contributed by atoms with E-state index in [2.05, 4.69) is 5.32 Å². The zero-order valence-corrected chi connectivity index (χ0v) is 11.8. The van der Waals surface area contributed by atoms with Crippen molar-refractivity contribution in [2.45, 2.75) is 19.9 Å². The molecule has 0 saturated heterocycles. The molecule has 0 aromatic heterocycles. The maximum atomic E-state index is 12.1. The normalized spacial score (nSPS) is 13.5. The molecule has 0 heterocycles. The molecule has 2 atom stereocenters. The van der Waals surface area contributed by atoms with Gasteiger partial charge >= 0.3 is 0 Å². The Morgan fingerprint density at radius 2 is 2.00 bits per heavy atom. The number of amides is 1. The van der Waals surface area contributed by atoms with E-state index in [0.717, 1.165) is 0 Å². The first kappa shape index (κ1) is 15.3. The van der Waals surface area contributed by atoms with Gasteiger partial charge in [-0.15, -0.1) is 0 Å². The van der Waals surface area contributed by atoms with Gasteiger partial charge in [-0.05, 0) is 25.0 Å². The molecule has 0 aliphatic carbocycles. The first-order chi connectivity index (χ1) is 9.03. The lowest BCUT2D eigenvalue weighted by atomic mass is 10.0. The minimum absolute atomic E-state index is 0.00630. The Morgan fingerprint density at radius 3 is 2.53 bits per heavy atom. The third-order valence-electron chi connectivity index (χ3n) is 3.15. The number of aliphatic hydroxyl groups excluding tert-OH is 1. The number of carbonyl (C=O) groups excluding carboxylic acids is 1. The molecule has 2 unspecified atom stereocenters. The molecule has 5 nitrogen and oxygen atoms in total. The summed E-state index contributed by atoms with van der Waals surface area (Å²) in [6, 6.07) is 4.90. The molecule has 0 fully saturated rings. The second-order valence-corrected chi connectivity index (χ2v) is 4.49. The first-order valence-electron chi connectivity index (χ1n) is 6.17. The molecular weight excluding hydrogens is 246 g/mol. The van der Waals surface area contributed by atoms with Gasteiger partial charge in [0.05, 0.1) is 19.8 Å². The maximum Gasteiger partial charge on any atom is 0.255 e. The lowest BCUT2D eigenvalue weighted by Crippen LogP contribution is -2.38. The van der Waals surface area contributed by atoms with E-state index in [1.54, 1.807) is 25.3 Å².